The Balaban J connectivity index is 1.53. The second-order valence-corrected chi connectivity index (χ2v) is 6.25. The third kappa shape index (κ3) is 4.29. The first kappa shape index (κ1) is 16.4. The van der Waals surface area contributed by atoms with Crippen molar-refractivity contribution in [3.63, 3.8) is 0 Å². The summed E-state index contributed by atoms with van der Waals surface area (Å²) in [6, 6.07) is 11.7. The first-order valence-electron chi connectivity index (χ1n) is 7.79. The summed E-state index contributed by atoms with van der Waals surface area (Å²) >= 11 is 1.41. The number of nitrogens with zero attached hydrogens (tertiary/aromatic N) is 2. The highest BCUT2D eigenvalue weighted by Crippen LogP contribution is 2.18. The van der Waals surface area contributed by atoms with E-state index < -0.39 is 0 Å². The van der Waals surface area contributed by atoms with E-state index in [0.717, 1.165) is 23.0 Å². The fraction of sp³-hybridized carbons (Fsp3) is 0.222. The number of aryl methyl sites for hydroxylation is 1. The van der Waals surface area contributed by atoms with Crippen molar-refractivity contribution in [1.82, 2.24) is 9.55 Å². The summed E-state index contributed by atoms with van der Waals surface area (Å²) in [5, 5.41) is 3.70. The summed E-state index contributed by atoms with van der Waals surface area (Å²) in [5.74, 6) is 1.12. The van der Waals surface area contributed by atoms with Gasteiger partial charge >= 0.3 is 0 Å². The Morgan fingerprint density at radius 2 is 2.12 bits per heavy atom. The Hall–Kier alpha value is -2.47. The van der Waals surface area contributed by atoms with Gasteiger partial charge in [-0.15, -0.1) is 0 Å². The molecule has 1 aromatic carbocycles. The standard InChI is InChI=1S/C18H19N3O2S/c1-2-14-5-7-15(8-6-14)20-17(22)13-24-18-19-9-10-21(18)12-16-4-3-11-23-16/h3-11H,2,12-13H2,1H3,(H,20,22). The first-order chi connectivity index (χ1) is 11.7. The largest absolute Gasteiger partial charge is 0.467 e. The lowest BCUT2D eigenvalue weighted by Gasteiger charge is -2.07. The zero-order chi connectivity index (χ0) is 16.8. The Morgan fingerprint density at radius 1 is 1.29 bits per heavy atom. The van der Waals surface area contributed by atoms with Gasteiger partial charge in [0.05, 0.1) is 18.6 Å². The van der Waals surface area contributed by atoms with Crippen molar-refractivity contribution in [2.45, 2.75) is 25.0 Å². The van der Waals surface area contributed by atoms with Crippen LogP contribution in [-0.4, -0.2) is 21.2 Å². The van der Waals surface area contributed by atoms with Gasteiger partial charge in [-0.05, 0) is 36.2 Å². The highest BCUT2D eigenvalue weighted by molar-refractivity contribution is 7.99. The molecule has 0 fully saturated rings. The smallest absolute Gasteiger partial charge is 0.234 e. The summed E-state index contributed by atoms with van der Waals surface area (Å²) in [7, 11) is 0. The molecule has 0 spiro atoms. The maximum atomic E-state index is 12.1. The van der Waals surface area contributed by atoms with E-state index in [4.69, 9.17) is 4.42 Å². The number of furan rings is 1. The van der Waals surface area contributed by atoms with Crippen LogP contribution in [0.3, 0.4) is 0 Å². The SMILES string of the molecule is CCc1ccc(NC(=O)CSc2nccn2Cc2ccco2)cc1. The fourth-order valence-corrected chi connectivity index (χ4v) is 3.04. The van der Waals surface area contributed by atoms with Crippen LogP contribution >= 0.6 is 11.8 Å². The number of amides is 1. The summed E-state index contributed by atoms with van der Waals surface area (Å²) < 4.78 is 7.31. The van der Waals surface area contributed by atoms with Crippen LogP contribution in [0.2, 0.25) is 0 Å². The van der Waals surface area contributed by atoms with Gasteiger partial charge in [-0.2, -0.15) is 0 Å². The molecule has 1 N–H and O–H groups in total. The number of aromatic nitrogens is 2. The molecule has 2 aromatic heterocycles. The molecule has 0 saturated heterocycles. The molecular weight excluding hydrogens is 322 g/mol. The van der Waals surface area contributed by atoms with E-state index in [1.54, 1.807) is 12.5 Å². The molecule has 0 aliphatic heterocycles. The van der Waals surface area contributed by atoms with Gasteiger partial charge in [-0.25, -0.2) is 4.98 Å². The molecule has 2 heterocycles. The van der Waals surface area contributed by atoms with Crippen molar-refractivity contribution >= 4 is 23.4 Å². The second kappa shape index (κ2) is 7.88. The van der Waals surface area contributed by atoms with Crippen molar-refractivity contribution < 1.29 is 9.21 Å². The molecule has 5 nitrogen and oxygen atoms in total. The van der Waals surface area contributed by atoms with E-state index >= 15 is 0 Å². The van der Waals surface area contributed by atoms with Crippen molar-refractivity contribution in [2.24, 2.45) is 0 Å². The molecule has 24 heavy (non-hydrogen) atoms. The summed E-state index contributed by atoms with van der Waals surface area (Å²) in [6.45, 7) is 2.71. The number of imidazole rings is 1. The molecule has 0 unspecified atom stereocenters. The normalized spacial score (nSPS) is 10.7. The van der Waals surface area contributed by atoms with Crippen LogP contribution in [0.5, 0.6) is 0 Å². The number of rotatable bonds is 7. The number of hydrogen-bond donors (Lipinski definition) is 1. The van der Waals surface area contributed by atoms with E-state index in [2.05, 4.69) is 17.2 Å². The molecule has 0 aliphatic rings. The Kier molecular flexibility index (Phi) is 5.38. The molecule has 0 aliphatic carbocycles. The van der Waals surface area contributed by atoms with Gasteiger partial charge in [0.25, 0.3) is 0 Å². The first-order valence-corrected chi connectivity index (χ1v) is 8.78. The number of benzene rings is 1. The lowest BCUT2D eigenvalue weighted by atomic mass is 10.1. The molecule has 0 radical (unpaired) electrons. The van der Waals surface area contributed by atoms with Gasteiger partial charge in [-0.1, -0.05) is 30.8 Å². The summed E-state index contributed by atoms with van der Waals surface area (Å²) in [5.41, 5.74) is 2.07. The van der Waals surface area contributed by atoms with E-state index in [0.29, 0.717) is 12.3 Å². The zero-order valence-corrected chi connectivity index (χ0v) is 14.3. The highest BCUT2D eigenvalue weighted by atomic mass is 32.2. The number of anilines is 1. The number of hydrogen-bond acceptors (Lipinski definition) is 4. The van der Waals surface area contributed by atoms with Crippen LogP contribution in [0.25, 0.3) is 0 Å². The lowest BCUT2D eigenvalue weighted by molar-refractivity contribution is -0.113. The molecule has 0 saturated carbocycles. The predicted octanol–water partition coefficient (Wildman–Crippen LogP) is 3.82. The molecule has 6 heteroatoms. The highest BCUT2D eigenvalue weighted by Gasteiger charge is 2.09. The van der Waals surface area contributed by atoms with Crippen molar-refractivity contribution in [1.29, 1.82) is 0 Å². The van der Waals surface area contributed by atoms with Crippen LogP contribution in [0, 0.1) is 0 Å². The molecule has 3 rings (SSSR count). The number of carbonyl (C=O) groups is 1. The van der Waals surface area contributed by atoms with Gasteiger partial charge in [0, 0.05) is 18.1 Å². The average molecular weight is 341 g/mol. The second-order valence-electron chi connectivity index (χ2n) is 5.30. The van der Waals surface area contributed by atoms with Crippen molar-refractivity contribution in [2.75, 3.05) is 11.1 Å². The van der Waals surface area contributed by atoms with E-state index in [-0.39, 0.29) is 5.91 Å². The van der Waals surface area contributed by atoms with Crippen molar-refractivity contribution in [3.8, 4) is 0 Å². The van der Waals surface area contributed by atoms with Crippen molar-refractivity contribution in [3.05, 3.63) is 66.4 Å². The molecule has 124 valence electrons. The third-order valence-corrected chi connectivity index (χ3v) is 4.57. The molecule has 3 aromatic rings. The van der Waals surface area contributed by atoms with Crippen LogP contribution in [0.1, 0.15) is 18.2 Å². The average Bonchev–Trinajstić information content (AvgIpc) is 3.26. The molecule has 1 amide bonds. The molecule has 0 atom stereocenters. The number of carbonyl (C=O) groups excluding carboxylic acids is 1. The zero-order valence-electron chi connectivity index (χ0n) is 13.4. The fourth-order valence-electron chi connectivity index (χ4n) is 2.28. The Morgan fingerprint density at radius 3 is 2.83 bits per heavy atom. The third-order valence-electron chi connectivity index (χ3n) is 3.56. The lowest BCUT2D eigenvalue weighted by Crippen LogP contribution is -2.14. The quantitative estimate of drug-likeness (QED) is 0.664. The van der Waals surface area contributed by atoms with E-state index in [1.807, 2.05) is 47.2 Å². The topological polar surface area (TPSA) is 60.1 Å². The maximum absolute atomic E-state index is 12.1. The minimum Gasteiger partial charge on any atom is -0.467 e. The van der Waals surface area contributed by atoms with Gasteiger partial charge < -0.3 is 14.3 Å². The Labute approximate surface area is 145 Å². The number of thioether (sulfide) groups is 1. The van der Waals surface area contributed by atoms with Gasteiger partial charge in [0.2, 0.25) is 5.91 Å². The Bertz CT molecular complexity index is 779. The van der Waals surface area contributed by atoms with E-state index in [9.17, 15) is 4.79 Å². The van der Waals surface area contributed by atoms with Crippen LogP contribution in [0.15, 0.2) is 64.6 Å². The predicted molar refractivity (Wildman–Crippen MR) is 95.2 cm³/mol. The van der Waals surface area contributed by atoms with Crippen LogP contribution in [0.4, 0.5) is 5.69 Å². The van der Waals surface area contributed by atoms with Gasteiger partial charge in [0.1, 0.15) is 5.76 Å². The van der Waals surface area contributed by atoms with E-state index in [1.165, 1.54) is 17.3 Å². The minimum absolute atomic E-state index is 0.0446. The molecular formula is C18H19N3O2S. The van der Waals surface area contributed by atoms with Gasteiger partial charge in [-0.3, -0.25) is 4.79 Å². The maximum Gasteiger partial charge on any atom is 0.234 e. The van der Waals surface area contributed by atoms with Crippen LogP contribution in [-0.2, 0) is 17.8 Å². The monoisotopic (exact) mass is 341 g/mol. The van der Waals surface area contributed by atoms with Gasteiger partial charge in [0.15, 0.2) is 5.16 Å². The summed E-state index contributed by atoms with van der Waals surface area (Å²) in [4.78, 5) is 16.4. The number of nitrogens with one attached hydrogen (secondary N) is 1. The minimum atomic E-state index is -0.0446. The van der Waals surface area contributed by atoms with Crippen LogP contribution < -0.4 is 5.32 Å². The summed E-state index contributed by atoms with van der Waals surface area (Å²) in [6.07, 6.45) is 6.25. The molecule has 0 bridgehead atoms.